The number of fused-ring (bicyclic) bond motifs is 1. The van der Waals surface area contributed by atoms with E-state index in [2.05, 4.69) is 5.32 Å². The van der Waals surface area contributed by atoms with Gasteiger partial charge in [-0.25, -0.2) is 0 Å². The number of rotatable bonds is 2. The van der Waals surface area contributed by atoms with Gasteiger partial charge in [0.2, 0.25) is 5.91 Å². The zero-order chi connectivity index (χ0) is 13.2. The van der Waals surface area contributed by atoms with E-state index in [-0.39, 0.29) is 5.91 Å². The highest BCUT2D eigenvalue weighted by Crippen LogP contribution is 2.24. The van der Waals surface area contributed by atoms with Crippen molar-refractivity contribution in [3.63, 3.8) is 0 Å². The average molecular weight is 250 g/mol. The molecule has 0 saturated heterocycles. The number of anilines is 2. The van der Waals surface area contributed by atoms with Crippen molar-refractivity contribution in [2.75, 3.05) is 11.1 Å². The lowest BCUT2D eigenvalue weighted by atomic mass is 10.1. The summed E-state index contributed by atoms with van der Waals surface area (Å²) in [6, 6.07) is 13.7. The van der Waals surface area contributed by atoms with Gasteiger partial charge in [-0.2, -0.15) is 0 Å². The van der Waals surface area contributed by atoms with Crippen molar-refractivity contribution in [1.82, 2.24) is 0 Å². The fourth-order valence-electron chi connectivity index (χ4n) is 2.19. The fraction of sp³-hybridized carbons (Fsp3) is 0.0625. The van der Waals surface area contributed by atoms with Crippen LogP contribution in [0.15, 0.2) is 42.5 Å². The lowest BCUT2D eigenvalue weighted by Crippen LogP contribution is -2.03. The van der Waals surface area contributed by atoms with Gasteiger partial charge in [0.25, 0.3) is 0 Å². The van der Waals surface area contributed by atoms with Crippen LogP contribution in [-0.2, 0) is 11.2 Å². The molecule has 0 saturated carbocycles. The minimum absolute atomic E-state index is 0.0620. The monoisotopic (exact) mass is 250 g/mol. The maximum atomic E-state index is 11.3. The molecule has 0 aliphatic carbocycles. The van der Waals surface area contributed by atoms with Crippen molar-refractivity contribution in [3.8, 4) is 0 Å². The Balaban J connectivity index is 1.84. The molecule has 0 atom stereocenters. The molecular weight excluding hydrogens is 236 g/mol. The Labute approximate surface area is 111 Å². The van der Waals surface area contributed by atoms with Crippen LogP contribution in [0.4, 0.5) is 11.4 Å². The van der Waals surface area contributed by atoms with Gasteiger partial charge in [0.05, 0.1) is 6.42 Å². The topological polar surface area (TPSA) is 55.1 Å². The molecule has 3 nitrogen and oxygen atoms in total. The van der Waals surface area contributed by atoms with Gasteiger partial charge in [0.15, 0.2) is 0 Å². The lowest BCUT2D eigenvalue weighted by molar-refractivity contribution is -0.115. The summed E-state index contributed by atoms with van der Waals surface area (Å²) in [5.41, 5.74) is 10.6. The second-order valence-corrected chi connectivity index (χ2v) is 4.64. The van der Waals surface area contributed by atoms with E-state index < -0.39 is 0 Å². The number of hydrogen-bond acceptors (Lipinski definition) is 2. The molecule has 1 amide bonds. The summed E-state index contributed by atoms with van der Waals surface area (Å²) in [6.45, 7) is 0. The van der Waals surface area contributed by atoms with Crippen LogP contribution < -0.4 is 11.1 Å². The van der Waals surface area contributed by atoms with Crippen LogP contribution in [-0.4, -0.2) is 5.91 Å². The van der Waals surface area contributed by atoms with Crippen molar-refractivity contribution >= 4 is 29.4 Å². The summed E-state index contributed by atoms with van der Waals surface area (Å²) in [7, 11) is 0. The second-order valence-electron chi connectivity index (χ2n) is 4.64. The maximum Gasteiger partial charge on any atom is 0.228 e. The molecule has 1 aliphatic rings. The molecule has 19 heavy (non-hydrogen) atoms. The van der Waals surface area contributed by atoms with E-state index in [1.54, 1.807) is 0 Å². The molecule has 0 unspecified atom stereocenters. The van der Waals surface area contributed by atoms with E-state index in [0.717, 1.165) is 28.1 Å². The third-order valence-electron chi connectivity index (χ3n) is 3.14. The first-order chi connectivity index (χ1) is 9.20. The molecule has 0 aromatic heterocycles. The van der Waals surface area contributed by atoms with E-state index in [1.807, 2.05) is 54.6 Å². The first kappa shape index (κ1) is 11.5. The van der Waals surface area contributed by atoms with Crippen molar-refractivity contribution in [2.24, 2.45) is 0 Å². The Bertz CT molecular complexity index is 674. The molecule has 0 fully saturated rings. The number of nitrogens with two attached hydrogens (primary N) is 1. The molecule has 94 valence electrons. The zero-order valence-corrected chi connectivity index (χ0v) is 10.4. The summed E-state index contributed by atoms with van der Waals surface area (Å²) < 4.78 is 0. The van der Waals surface area contributed by atoms with Crippen LogP contribution in [0.5, 0.6) is 0 Å². The number of amides is 1. The Morgan fingerprint density at radius 3 is 2.63 bits per heavy atom. The highest BCUT2D eigenvalue weighted by atomic mass is 16.1. The first-order valence-electron chi connectivity index (χ1n) is 6.17. The molecule has 3 heteroatoms. The number of carbonyl (C=O) groups excluding carboxylic acids is 1. The van der Waals surface area contributed by atoms with E-state index >= 15 is 0 Å². The number of benzene rings is 2. The molecular formula is C16H14N2O. The molecule has 0 bridgehead atoms. The van der Waals surface area contributed by atoms with Gasteiger partial charge < -0.3 is 11.1 Å². The van der Waals surface area contributed by atoms with Crippen LogP contribution in [0.1, 0.15) is 16.7 Å². The summed E-state index contributed by atoms with van der Waals surface area (Å²) in [5.74, 6) is 0.0620. The minimum Gasteiger partial charge on any atom is -0.399 e. The predicted molar refractivity (Wildman–Crippen MR) is 78.6 cm³/mol. The molecule has 1 heterocycles. The number of nitrogen functional groups attached to an aromatic ring is 1. The van der Waals surface area contributed by atoms with Gasteiger partial charge in [-0.3, -0.25) is 4.79 Å². The number of nitrogens with one attached hydrogen (secondary N) is 1. The van der Waals surface area contributed by atoms with Crippen LogP contribution in [0.2, 0.25) is 0 Å². The van der Waals surface area contributed by atoms with Crippen molar-refractivity contribution in [2.45, 2.75) is 6.42 Å². The van der Waals surface area contributed by atoms with E-state index in [1.165, 1.54) is 0 Å². The van der Waals surface area contributed by atoms with Gasteiger partial charge >= 0.3 is 0 Å². The first-order valence-corrected chi connectivity index (χ1v) is 6.17. The third-order valence-corrected chi connectivity index (χ3v) is 3.14. The van der Waals surface area contributed by atoms with Gasteiger partial charge in [-0.1, -0.05) is 36.4 Å². The summed E-state index contributed by atoms with van der Waals surface area (Å²) >= 11 is 0. The molecule has 1 aliphatic heterocycles. The van der Waals surface area contributed by atoms with Gasteiger partial charge in [-0.15, -0.1) is 0 Å². The quantitative estimate of drug-likeness (QED) is 0.636. The van der Waals surface area contributed by atoms with Crippen LogP contribution in [0.25, 0.3) is 12.2 Å². The van der Waals surface area contributed by atoms with Gasteiger partial charge in [0, 0.05) is 11.4 Å². The number of hydrogen-bond donors (Lipinski definition) is 2. The Kier molecular flexibility index (Phi) is 2.80. The van der Waals surface area contributed by atoms with Crippen LogP contribution in [0.3, 0.4) is 0 Å². The molecule has 0 radical (unpaired) electrons. The minimum atomic E-state index is 0.0620. The Morgan fingerprint density at radius 1 is 1.05 bits per heavy atom. The van der Waals surface area contributed by atoms with Crippen LogP contribution in [0, 0.1) is 0 Å². The van der Waals surface area contributed by atoms with E-state index in [4.69, 9.17) is 5.73 Å². The van der Waals surface area contributed by atoms with Crippen molar-refractivity contribution in [1.29, 1.82) is 0 Å². The number of carbonyl (C=O) groups is 1. The summed E-state index contributed by atoms with van der Waals surface area (Å²) in [6.07, 6.45) is 4.50. The van der Waals surface area contributed by atoms with Gasteiger partial charge in [0.1, 0.15) is 0 Å². The maximum absolute atomic E-state index is 11.3. The Hall–Kier alpha value is -2.55. The average Bonchev–Trinajstić information content (AvgIpc) is 2.75. The zero-order valence-electron chi connectivity index (χ0n) is 10.4. The Morgan fingerprint density at radius 2 is 1.84 bits per heavy atom. The predicted octanol–water partition coefficient (Wildman–Crippen LogP) is 2.93. The standard InChI is InChI=1S/C16H14N2O/c17-14-3-1-2-11(8-14)4-5-12-6-7-13-10-16(19)18-15(13)9-12/h1-9H,10,17H2,(H,18,19)/b5-4+. The molecule has 3 N–H and O–H groups in total. The van der Waals surface area contributed by atoms with Crippen molar-refractivity contribution in [3.05, 3.63) is 59.2 Å². The molecule has 0 spiro atoms. The highest BCUT2D eigenvalue weighted by molar-refractivity contribution is 5.99. The molecule has 3 rings (SSSR count). The summed E-state index contributed by atoms with van der Waals surface area (Å²) in [4.78, 5) is 11.3. The third kappa shape index (κ3) is 2.50. The van der Waals surface area contributed by atoms with E-state index in [0.29, 0.717) is 6.42 Å². The van der Waals surface area contributed by atoms with Gasteiger partial charge in [-0.05, 0) is 34.9 Å². The largest absolute Gasteiger partial charge is 0.399 e. The molecule has 2 aromatic carbocycles. The lowest BCUT2D eigenvalue weighted by Gasteiger charge is -2.00. The molecule has 2 aromatic rings. The van der Waals surface area contributed by atoms with Crippen molar-refractivity contribution < 1.29 is 4.79 Å². The smallest absolute Gasteiger partial charge is 0.228 e. The SMILES string of the molecule is Nc1cccc(/C=C/c2ccc3c(c2)NC(=O)C3)c1. The fourth-order valence-corrected chi connectivity index (χ4v) is 2.19. The van der Waals surface area contributed by atoms with E-state index in [9.17, 15) is 4.79 Å². The van der Waals surface area contributed by atoms with Crippen LogP contribution >= 0.6 is 0 Å². The normalized spacial score (nSPS) is 13.6. The second kappa shape index (κ2) is 4.61. The summed E-state index contributed by atoms with van der Waals surface area (Å²) in [5, 5.41) is 2.85. The highest BCUT2D eigenvalue weighted by Gasteiger charge is 2.16.